The number of anilines is 1. The van der Waals surface area contributed by atoms with Gasteiger partial charge in [-0.2, -0.15) is 0 Å². The number of pyridine rings is 1. The number of carbonyl (C=O) groups excluding carboxylic acids is 1. The Labute approximate surface area is 101 Å². The molecule has 0 spiro atoms. The topological polar surface area (TPSA) is 42.0 Å². The van der Waals surface area contributed by atoms with Gasteiger partial charge in [0, 0.05) is 17.1 Å². The van der Waals surface area contributed by atoms with Crippen LogP contribution in [0.1, 0.15) is 19.3 Å². The lowest BCUT2D eigenvalue weighted by atomic mass is 10.3. The van der Waals surface area contributed by atoms with Crippen LogP contribution in [-0.2, 0) is 4.79 Å². The normalized spacial score (nSPS) is 15.1. The lowest BCUT2D eigenvalue weighted by molar-refractivity contribution is -0.116. The van der Waals surface area contributed by atoms with Crippen molar-refractivity contribution in [2.45, 2.75) is 19.3 Å². The van der Waals surface area contributed by atoms with Gasteiger partial charge in [-0.3, -0.25) is 4.79 Å². The quantitative estimate of drug-likeness (QED) is 0.868. The van der Waals surface area contributed by atoms with E-state index < -0.39 is 0 Å². The number of nitrogens with zero attached hydrogens (tertiary/aromatic N) is 1. The second-order valence-corrected chi connectivity index (χ2v) is 4.96. The third-order valence-electron chi connectivity index (χ3n) is 2.25. The Morgan fingerprint density at radius 3 is 3.07 bits per heavy atom. The van der Waals surface area contributed by atoms with Crippen molar-refractivity contribution < 1.29 is 4.79 Å². The second-order valence-electron chi connectivity index (χ2n) is 3.69. The summed E-state index contributed by atoms with van der Waals surface area (Å²) in [6, 6.07) is 1.75. The van der Waals surface area contributed by atoms with Gasteiger partial charge in [0.1, 0.15) is 0 Å². The molecule has 1 heterocycles. The van der Waals surface area contributed by atoms with Crippen LogP contribution in [0.4, 0.5) is 5.69 Å². The molecule has 0 aromatic carbocycles. The molecule has 1 fully saturated rings. The van der Waals surface area contributed by atoms with Gasteiger partial charge in [0.15, 0.2) is 5.15 Å². The molecule has 1 aromatic rings. The first-order valence-corrected chi connectivity index (χ1v) is 5.93. The van der Waals surface area contributed by atoms with Crippen molar-refractivity contribution in [3.8, 4) is 0 Å². The zero-order chi connectivity index (χ0) is 10.8. The number of nitrogens with one attached hydrogen (secondary N) is 1. The number of amides is 1. The Hall–Kier alpha value is -0.610. The minimum absolute atomic E-state index is 0.0132. The van der Waals surface area contributed by atoms with Crippen LogP contribution in [0, 0.1) is 5.92 Å². The highest BCUT2D eigenvalue weighted by molar-refractivity contribution is 9.10. The summed E-state index contributed by atoms with van der Waals surface area (Å²) >= 11 is 9.12. The molecule has 0 saturated heterocycles. The molecule has 1 saturated carbocycles. The largest absolute Gasteiger partial charge is 0.323 e. The predicted molar refractivity (Wildman–Crippen MR) is 62.9 cm³/mol. The number of rotatable bonds is 3. The predicted octanol–water partition coefficient (Wildman–Crippen LogP) is 3.24. The number of carbonyl (C=O) groups is 1. The standard InChI is InChI=1S/C10H10BrClN2O/c11-7-4-8(10(12)13-5-7)14-9(15)3-6-1-2-6/h4-6H,1-3H2,(H,14,15). The van der Waals surface area contributed by atoms with Gasteiger partial charge in [-0.15, -0.1) is 0 Å². The SMILES string of the molecule is O=C(CC1CC1)Nc1cc(Br)cnc1Cl. The molecule has 1 aliphatic rings. The van der Waals surface area contributed by atoms with E-state index in [0.29, 0.717) is 23.2 Å². The summed E-state index contributed by atoms with van der Waals surface area (Å²) in [7, 11) is 0. The highest BCUT2D eigenvalue weighted by atomic mass is 79.9. The van der Waals surface area contributed by atoms with Gasteiger partial charge in [0.05, 0.1) is 5.69 Å². The van der Waals surface area contributed by atoms with Crippen LogP contribution in [-0.4, -0.2) is 10.9 Å². The average Bonchev–Trinajstić information content (AvgIpc) is 2.95. The molecule has 1 aliphatic carbocycles. The molecule has 80 valence electrons. The molecular formula is C10H10BrClN2O. The Morgan fingerprint density at radius 2 is 2.40 bits per heavy atom. The smallest absolute Gasteiger partial charge is 0.224 e. The Kier molecular flexibility index (Phi) is 3.26. The molecule has 0 aliphatic heterocycles. The van der Waals surface area contributed by atoms with Crippen molar-refractivity contribution in [1.29, 1.82) is 0 Å². The highest BCUT2D eigenvalue weighted by Crippen LogP contribution is 2.33. The first-order chi connectivity index (χ1) is 7.15. The summed E-state index contributed by atoms with van der Waals surface area (Å²) < 4.78 is 0.800. The van der Waals surface area contributed by atoms with Gasteiger partial charge in [0.25, 0.3) is 0 Å². The van der Waals surface area contributed by atoms with Gasteiger partial charge in [0.2, 0.25) is 5.91 Å². The maximum absolute atomic E-state index is 11.5. The molecule has 0 radical (unpaired) electrons. The number of hydrogen-bond donors (Lipinski definition) is 1. The zero-order valence-corrected chi connectivity index (χ0v) is 10.3. The van der Waals surface area contributed by atoms with Crippen LogP contribution in [0.3, 0.4) is 0 Å². The van der Waals surface area contributed by atoms with Gasteiger partial charge in [-0.05, 0) is 40.8 Å². The molecule has 1 aromatic heterocycles. The maximum atomic E-state index is 11.5. The van der Waals surface area contributed by atoms with E-state index in [1.54, 1.807) is 12.3 Å². The van der Waals surface area contributed by atoms with E-state index in [-0.39, 0.29) is 5.91 Å². The minimum Gasteiger partial charge on any atom is -0.323 e. The maximum Gasteiger partial charge on any atom is 0.224 e. The van der Waals surface area contributed by atoms with Gasteiger partial charge in [-0.25, -0.2) is 4.98 Å². The van der Waals surface area contributed by atoms with E-state index in [1.807, 2.05) is 0 Å². The summed E-state index contributed by atoms with van der Waals surface area (Å²) in [5, 5.41) is 3.08. The summed E-state index contributed by atoms with van der Waals surface area (Å²) in [5.74, 6) is 0.586. The molecule has 0 bridgehead atoms. The van der Waals surface area contributed by atoms with E-state index in [1.165, 1.54) is 0 Å². The molecule has 3 nitrogen and oxygen atoms in total. The summed E-state index contributed by atoms with van der Waals surface area (Å²) in [6.07, 6.45) is 4.51. The third-order valence-corrected chi connectivity index (χ3v) is 2.99. The zero-order valence-electron chi connectivity index (χ0n) is 7.96. The van der Waals surface area contributed by atoms with Gasteiger partial charge in [-0.1, -0.05) is 11.6 Å². The van der Waals surface area contributed by atoms with Gasteiger partial charge < -0.3 is 5.32 Å². The number of hydrogen-bond acceptors (Lipinski definition) is 2. The van der Waals surface area contributed by atoms with E-state index >= 15 is 0 Å². The fourth-order valence-corrected chi connectivity index (χ4v) is 1.78. The second kappa shape index (κ2) is 4.49. The van der Waals surface area contributed by atoms with E-state index in [4.69, 9.17) is 11.6 Å². The molecular weight excluding hydrogens is 279 g/mol. The van der Waals surface area contributed by atoms with Crippen LogP contribution < -0.4 is 5.32 Å². The van der Waals surface area contributed by atoms with Crippen molar-refractivity contribution in [3.63, 3.8) is 0 Å². The average molecular weight is 290 g/mol. The van der Waals surface area contributed by atoms with Crippen molar-refractivity contribution in [2.75, 3.05) is 5.32 Å². The van der Waals surface area contributed by atoms with Crippen LogP contribution in [0.2, 0.25) is 5.15 Å². The molecule has 2 rings (SSSR count). The van der Waals surface area contributed by atoms with Crippen LogP contribution >= 0.6 is 27.5 Å². The van der Waals surface area contributed by atoms with Crippen molar-refractivity contribution in [2.24, 2.45) is 5.92 Å². The number of aromatic nitrogens is 1. The van der Waals surface area contributed by atoms with E-state index in [0.717, 1.165) is 17.3 Å². The molecule has 15 heavy (non-hydrogen) atoms. The van der Waals surface area contributed by atoms with Crippen LogP contribution in [0.15, 0.2) is 16.7 Å². The van der Waals surface area contributed by atoms with E-state index in [2.05, 4.69) is 26.2 Å². The highest BCUT2D eigenvalue weighted by Gasteiger charge is 2.24. The summed E-state index contributed by atoms with van der Waals surface area (Å²) in [4.78, 5) is 15.4. The molecule has 1 N–H and O–H groups in total. The monoisotopic (exact) mass is 288 g/mol. The van der Waals surface area contributed by atoms with Crippen molar-refractivity contribution in [3.05, 3.63) is 21.9 Å². The fourth-order valence-electron chi connectivity index (χ4n) is 1.30. The lowest BCUT2D eigenvalue weighted by Crippen LogP contribution is -2.12. The fraction of sp³-hybridized carbons (Fsp3) is 0.400. The molecule has 0 atom stereocenters. The Bertz CT molecular complexity index is 393. The van der Waals surface area contributed by atoms with Crippen molar-refractivity contribution >= 4 is 39.1 Å². The molecule has 0 unspecified atom stereocenters. The van der Waals surface area contributed by atoms with Crippen molar-refractivity contribution in [1.82, 2.24) is 4.98 Å². The van der Waals surface area contributed by atoms with Gasteiger partial charge >= 0.3 is 0 Å². The summed E-state index contributed by atoms with van der Waals surface area (Å²) in [5.41, 5.74) is 0.566. The van der Waals surface area contributed by atoms with Crippen LogP contribution in [0.25, 0.3) is 0 Å². The molecule has 1 amide bonds. The summed E-state index contributed by atoms with van der Waals surface area (Å²) in [6.45, 7) is 0. The molecule has 5 heteroatoms. The first-order valence-electron chi connectivity index (χ1n) is 4.76. The Balaban J connectivity index is 2.01. The number of halogens is 2. The Morgan fingerprint density at radius 1 is 1.67 bits per heavy atom. The lowest BCUT2D eigenvalue weighted by Gasteiger charge is -2.06. The first kappa shape index (κ1) is 10.9. The van der Waals surface area contributed by atoms with E-state index in [9.17, 15) is 4.79 Å². The third kappa shape index (κ3) is 3.18. The minimum atomic E-state index is 0.0132. The van der Waals surface area contributed by atoms with Crippen LogP contribution in [0.5, 0.6) is 0 Å².